The van der Waals surface area contributed by atoms with Gasteiger partial charge in [-0.25, -0.2) is 0 Å². The van der Waals surface area contributed by atoms with Crippen LogP contribution >= 0.6 is 0 Å². The van der Waals surface area contributed by atoms with Gasteiger partial charge in [-0.2, -0.15) is 4.57 Å². The quantitative estimate of drug-likeness (QED) is 0.371. The summed E-state index contributed by atoms with van der Waals surface area (Å²) in [6, 6.07) is 33.1. The fourth-order valence-corrected chi connectivity index (χ4v) is 4.38. The van der Waals surface area contributed by atoms with Crippen molar-refractivity contribution in [1.82, 2.24) is 0 Å². The summed E-state index contributed by atoms with van der Waals surface area (Å²) in [6.07, 6.45) is 0. The molecule has 0 spiro atoms. The van der Waals surface area contributed by atoms with Crippen LogP contribution in [0.2, 0.25) is 0 Å². The summed E-state index contributed by atoms with van der Waals surface area (Å²) >= 11 is 0. The standard InChI is InChI=1S/C27H24N/c1-19-13-15-20(16-14-19)22-17-25(21-9-5-4-6-10-21)28-24-12-8-7-11-23(24)27(2,3)26(28)18-22/h4-18H,1-3H3/q+1. The van der Waals surface area contributed by atoms with Crippen LogP contribution in [0, 0.1) is 6.92 Å². The summed E-state index contributed by atoms with van der Waals surface area (Å²) in [5.74, 6) is 0. The number of aromatic nitrogens is 1. The lowest BCUT2D eigenvalue weighted by Gasteiger charge is -2.15. The third-order valence-electron chi connectivity index (χ3n) is 5.98. The van der Waals surface area contributed by atoms with Gasteiger partial charge in [0.15, 0.2) is 5.69 Å². The third kappa shape index (κ3) is 2.51. The van der Waals surface area contributed by atoms with Gasteiger partial charge in [0.25, 0.3) is 0 Å². The predicted octanol–water partition coefficient (Wildman–Crippen LogP) is 6.25. The number of aryl methyl sites for hydroxylation is 1. The van der Waals surface area contributed by atoms with E-state index in [2.05, 4.69) is 116 Å². The fraction of sp³-hybridized carbons (Fsp3) is 0.148. The molecule has 5 rings (SSSR count). The van der Waals surface area contributed by atoms with Crippen LogP contribution in [-0.4, -0.2) is 0 Å². The molecular formula is C27H24N+. The van der Waals surface area contributed by atoms with Crippen molar-refractivity contribution in [1.29, 1.82) is 0 Å². The Morgan fingerprint density at radius 1 is 0.643 bits per heavy atom. The third-order valence-corrected chi connectivity index (χ3v) is 5.98. The van der Waals surface area contributed by atoms with Gasteiger partial charge in [0.05, 0.1) is 5.41 Å². The Morgan fingerprint density at radius 3 is 2.07 bits per heavy atom. The minimum absolute atomic E-state index is 0.0408. The van der Waals surface area contributed by atoms with Crippen molar-refractivity contribution in [3.63, 3.8) is 0 Å². The summed E-state index contributed by atoms with van der Waals surface area (Å²) in [5.41, 5.74) is 10.3. The normalized spacial score (nSPS) is 13.8. The highest BCUT2D eigenvalue weighted by Gasteiger charge is 2.45. The Morgan fingerprint density at radius 2 is 1.32 bits per heavy atom. The van der Waals surface area contributed by atoms with E-state index in [4.69, 9.17) is 0 Å². The number of nitrogens with zero attached hydrogens (tertiary/aromatic N) is 1. The number of hydrogen-bond donors (Lipinski definition) is 0. The Labute approximate surface area is 166 Å². The molecule has 3 aromatic carbocycles. The molecule has 136 valence electrons. The van der Waals surface area contributed by atoms with Crippen molar-refractivity contribution < 1.29 is 4.57 Å². The molecule has 4 aromatic rings. The van der Waals surface area contributed by atoms with E-state index in [1.165, 1.54) is 44.9 Å². The predicted molar refractivity (Wildman–Crippen MR) is 116 cm³/mol. The highest BCUT2D eigenvalue weighted by atomic mass is 15.0. The lowest BCUT2D eigenvalue weighted by molar-refractivity contribution is -0.588. The highest BCUT2D eigenvalue weighted by molar-refractivity contribution is 5.71. The number of pyridine rings is 1. The van der Waals surface area contributed by atoms with E-state index in [9.17, 15) is 0 Å². The fourth-order valence-electron chi connectivity index (χ4n) is 4.38. The van der Waals surface area contributed by atoms with Crippen LogP contribution in [0.25, 0.3) is 28.1 Å². The molecule has 0 N–H and O–H groups in total. The zero-order valence-corrected chi connectivity index (χ0v) is 16.6. The SMILES string of the molecule is Cc1ccc(-c2cc(-c3ccccc3)[n+]3c(c2)C(C)(C)c2ccccc2-3)cc1. The van der Waals surface area contributed by atoms with Crippen LogP contribution in [0.3, 0.4) is 0 Å². The number of para-hydroxylation sites is 1. The molecule has 0 unspecified atom stereocenters. The minimum atomic E-state index is -0.0408. The molecule has 1 aliphatic heterocycles. The zero-order chi connectivity index (χ0) is 19.3. The van der Waals surface area contributed by atoms with Crippen molar-refractivity contribution in [2.75, 3.05) is 0 Å². The highest BCUT2D eigenvalue weighted by Crippen LogP contribution is 2.41. The monoisotopic (exact) mass is 362 g/mol. The van der Waals surface area contributed by atoms with Gasteiger partial charge in [-0.3, -0.25) is 0 Å². The molecule has 0 bridgehead atoms. The molecule has 1 aromatic heterocycles. The van der Waals surface area contributed by atoms with E-state index in [1.807, 2.05) is 0 Å². The van der Waals surface area contributed by atoms with Gasteiger partial charge in [0.1, 0.15) is 0 Å². The first-order chi connectivity index (χ1) is 13.6. The van der Waals surface area contributed by atoms with Crippen LogP contribution in [0.1, 0.15) is 30.7 Å². The molecule has 1 aliphatic rings. The van der Waals surface area contributed by atoms with Gasteiger partial charge in [0.2, 0.25) is 11.4 Å². The van der Waals surface area contributed by atoms with E-state index >= 15 is 0 Å². The van der Waals surface area contributed by atoms with E-state index in [0.29, 0.717) is 0 Å². The zero-order valence-electron chi connectivity index (χ0n) is 16.6. The lowest BCUT2D eigenvalue weighted by Crippen LogP contribution is -2.37. The average molecular weight is 362 g/mol. The number of fused-ring (bicyclic) bond motifs is 3. The molecule has 0 fully saturated rings. The van der Waals surface area contributed by atoms with Gasteiger partial charge >= 0.3 is 0 Å². The molecule has 1 nitrogen and oxygen atoms in total. The lowest BCUT2D eigenvalue weighted by atomic mass is 9.82. The first kappa shape index (κ1) is 16.9. The molecule has 28 heavy (non-hydrogen) atoms. The van der Waals surface area contributed by atoms with Gasteiger partial charge in [-0.15, -0.1) is 0 Å². The molecule has 0 radical (unpaired) electrons. The maximum atomic E-state index is 2.45. The van der Waals surface area contributed by atoms with Crippen LogP contribution < -0.4 is 4.57 Å². The smallest absolute Gasteiger partial charge is 0.156 e. The first-order valence-corrected chi connectivity index (χ1v) is 9.88. The summed E-state index contributed by atoms with van der Waals surface area (Å²) < 4.78 is 2.45. The molecule has 0 saturated carbocycles. The second kappa shape index (κ2) is 6.17. The van der Waals surface area contributed by atoms with Crippen molar-refractivity contribution in [2.45, 2.75) is 26.2 Å². The molecular weight excluding hydrogens is 338 g/mol. The molecule has 0 amide bonds. The second-order valence-electron chi connectivity index (χ2n) is 8.22. The molecule has 0 saturated heterocycles. The number of hydrogen-bond acceptors (Lipinski definition) is 0. The summed E-state index contributed by atoms with van der Waals surface area (Å²) in [5, 5.41) is 0. The first-order valence-electron chi connectivity index (χ1n) is 9.88. The van der Waals surface area contributed by atoms with Crippen molar-refractivity contribution in [3.05, 3.63) is 108 Å². The Balaban J connectivity index is 1.85. The van der Waals surface area contributed by atoms with E-state index in [0.717, 1.165) is 0 Å². The summed E-state index contributed by atoms with van der Waals surface area (Å²) in [4.78, 5) is 0. The van der Waals surface area contributed by atoms with E-state index in [-0.39, 0.29) is 5.41 Å². The average Bonchev–Trinajstić information content (AvgIpc) is 2.96. The van der Waals surface area contributed by atoms with Crippen LogP contribution in [-0.2, 0) is 5.41 Å². The Kier molecular flexibility index (Phi) is 3.73. The number of benzene rings is 3. The topological polar surface area (TPSA) is 3.88 Å². The Bertz CT molecular complexity index is 1170. The summed E-state index contributed by atoms with van der Waals surface area (Å²) in [6.45, 7) is 6.80. The van der Waals surface area contributed by atoms with Gasteiger partial charge in [-0.05, 0) is 44.0 Å². The Hall–Kier alpha value is -3.19. The van der Waals surface area contributed by atoms with Crippen molar-refractivity contribution >= 4 is 0 Å². The maximum Gasteiger partial charge on any atom is 0.219 e. The number of rotatable bonds is 2. The van der Waals surface area contributed by atoms with Crippen LogP contribution in [0.4, 0.5) is 0 Å². The van der Waals surface area contributed by atoms with E-state index < -0.39 is 0 Å². The van der Waals surface area contributed by atoms with Crippen LogP contribution in [0.5, 0.6) is 0 Å². The van der Waals surface area contributed by atoms with Crippen molar-refractivity contribution in [2.24, 2.45) is 0 Å². The molecule has 1 heteroatoms. The largest absolute Gasteiger partial charge is 0.219 e. The van der Waals surface area contributed by atoms with Crippen LogP contribution in [0.15, 0.2) is 91.0 Å². The van der Waals surface area contributed by atoms with Gasteiger partial charge in [0, 0.05) is 29.3 Å². The molecule has 0 aliphatic carbocycles. The second-order valence-corrected chi connectivity index (χ2v) is 8.22. The maximum absolute atomic E-state index is 2.45. The van der Waals surface area contributed by atoms with Crippen molar-refractivity contribution in [3.8, 4) is 28.1 Å². The minimum Gasteiger partial charge on any atom is -0.156 e. The van der Waals surface area contributed by atoms with E-state index in [1.54, 1.807) is 0 Å². The molecule has 0 atom stereocenters. The summed E-state index contributed by atoms with van der Waals surface area (Å²) in [7, 11) is 0. The van der Waals surface area contributed by atoms with Gasteiger partial charge in [-0.1, -0.05) is 66.2 Å². The molecule has 2 heterocycles. The van der Waals surface area contributed by atoms with Gasteiger partial charge < -0.3 is 0 Å².